The molecule has 2 rings (SSSR count). The monoisotopic (exact) mass is 277 g/mol. The molecule has 0 saturated carbocycles. The fraction of sp³-hybridized carbons (Fsp3) is 0.385. The molecule has 0 aliphatic carbocycles. The van der Waals surface area contributed by atoms with Crippen LogP contribution in [0.4, 0.5) is 11.6 Å². The molecule has 0 unspecified atom stereocenters. The molecule has 2 heterocycles. The van der Waals surface area contributed by atoms with Crippen LogP contribution in [0, 0.1) is 6.92 Å². The van der Waals surface area contributed by atoms with Gasteiger partial charge in [-0.15, -0.1) is 11.3 Å². The van der Waals surface area contributed by atoms with Crippen molar-refractivity contribution in [3.05, 3.63) is 33.8 Å². The third kappa shape index (κ3) is 3.42. The minimum absolute atomic E-state index is 0.686. The third-order valence-electron chi connectivity index (χ3n) is 2.89. The molecule has 0 saturated heterocycles. The molecule has 0 radical (unpaired) electrons. The van der Waals surface area contributed by atoms with Crippen molar-refractivity contribution >= 4 is 23.0 Å². The first-order valence-corrected chi connectivity index (χ1v) is 7.23. The molecule has 0 spiro atoms. The number of nitrogens with one attached hydrogen (secondary N) is 2. The zero-order valence-corrected chi connectivity index (χ0v) is 12.0. The SMILES string of the molecule is CCc1nc(NN)c(C)c(NCCc2cccs2)n1. The summed E-state index contributed by atoms with van der Waals surface area (Å²) in [6.07, 6.45) is 1.78. The van der Waals surface area contributed by atoms with Crippen molar-refractivity contribution in [3.63, 3.8) is 0 Å². The van der Waals surface area contributed by atoms with E-state index in [1.54, 1.807) is 11.3 Å². The first-order chi connectivity index (χ1) is 9.24. The molecule has 19 heavy (non-hydrogen) atoms. The Morgan fingerprint density at radius 3 is 2.74 bits per heavy atom. The quantitative estimate of drug-likeness (QED) is 0.558. The van der Waals surface area contributed by atoms with E-state index in [1.165, 1.54) is 4.88 Å². The Hall–Kier alpha value is -1.66. The van der Waals surface area contributed by atoms with Gasteiger partial charge in [0.2, 0.25) is 0 Å². The normalized spacial score (nSPS) is 10.5. The number of aromatic nitrogens is 2. The summed E-state index contributed by atoms with van der Waals surface area (Å²) in [5.41, 5.74) is 3.58. The molecule has 0 atom stereocenters. The van der Waals surface area contributed by atoms with Crippen LogP contribution in [-0.2, 0) is 12.8 Å². The van der Waals surface area contributed by atoms with Gasteiger partial charge in [-0.05, 0) is 24.8 Å². The maximum Gasteiger partial charge on any atom is 0.148 e. The molecule has 0 amide bonds. The van der Waals surface area contributed by atoms with Gasteiger partial charge in [-0.2, -0.15) is 0 Å². The average Bonchev–Trinajstić information content (AvgIpc) is 2.94. The Bertz CT molecular complexity index is 524. The Morgan fingerprint density at radius 2 is 2.11 bits per heavy atom. The second kappa shape index (κ2) is 6.49. The number of hydrogen-bond acceptors (Lipinski definition) is 6. The highest BCUT2D eigenvalue weighted by Gasteiger charge is 2.09. The largest absolute Gasteiger partial charge is 0.369 e. The second-order valence-corrected chi connectivity index (χ2v) is 5.25. The van der Waals surface area contributed by atoms with Crippen LogP contribution in [0.5, 0.6) is 0 Å². The van der Waals surface area contributed by atoms with Crippen LogP contribution >= 0.6 is 11.3 Å². The molecule has 5 nitrogen and oxygen atoms in total. The molecule has 2 aromatic heterocycles. The van der Waals surface area contributed by atoms with Crippen LogP contribution in [0.1, 0.15) is 23.2 Å². The van der Waals surface area contributed by atoms with Crippen molar-refractivity contribution in [3.8, 4) is 0 Å². The van der Waals surface area contributed by atoms with Crippen LogP contribution in [0.2, 0.25) is 0 Å². The summed E-state index contributed by atoms with van der Waals surface area (Å²) in [6, 6.07) is 4.21. The Balaban J connectivity index is 2.06. The van der Waals surface area contributed by atoms with Crippen molar-refractivity contribution in [2.24, 2.45) is 5.84 Å². The van der Waals surface area contributed by atoms with Crippen molar-refractivity contribution in [2.45, 2.75) is 26.7 Å². The molecule has 0 aromatic carbocycles. The fourth-order valence-corrected chi connectivity index (χ4v) is 2.50. The Kier molecular flexibility index (Phi) is 4.70. The van der Waals surface area contributed by atoms with E-state index in [1.807, 2.05) is 13.8 Å². The minimum atomic E-state index is 0.686. The van der Waals surface area contributed by atoms with E-state index >= 15 is 0 Å². The van der Waals surface area contributed by atoms with E-state index < -0.39 is 0 Å². The number of nitrogens with two attached hydrogens (primary N) is 1. The lowest BCUT2D eigenvalue weighted by atomic mass is 10.2. The molecular weight excluding hydrogens is 258 g/mol. The number of hydrogen-bond donors (Lipinski definition) is 3. The summed E-state index contributed by atoms with van der Waals surface area (Å²) in [4.78, 5) is 10.2. The van der Waals surface area contributed by atoms with Crippen LogP contribution in [0.3, 0.4) is 0 Å². The van der Waals surface area contributed by atoms with Gasteiger partial charge in [-0.3, -0.25) is 0 Å². The van der Waals surface area contributed by atoms with E-state index in [9.17, 15) is 0 Å². The number of anilines is 2. The lowest BCUT2D eigenvalue weighted by molar-refractivity contribution is 0.916. The third-order valence-corrected chi connectivity index (χ3v) is 3.83. The highest BCUT2D eigenvalue weighted by Crippen LogP contribution is 2.19. The van der Waals surface area contributed by atoms with Crippen LogP contribution in [0.25, 0.3) is 0 Å². The number of nitrogen functional groups attached to an aromatic ring is 1. The van der Waals surface area contributed by atoms with Crippen LogP contribution in [-0.4, -0.2) is 16.5 Å². The molecule has 0 aliphatic rings. The molecule has 6 heteroatoms. The molecular formula is C13H19N5S. The highest BCUT2D eigenvalue weighted by atomic mass is 32.1. The number of nitrogens with zero attached hydrogens (tertiary/aromatic N) is 2. The predicted octanol–water partition coefficient (Wildman–Crippen LogP) is 2.35. The molecule has 4 N–H and O–H groups in total. The summed E-state index contributed by atoms with van der Waals surface area (Å²) in [6.45, 7) is 4.84. The summed E-state index contributed by atoms with van der Waals surface area (Å²) >= 11 is 1.77. The van der Waals surface area contributed by atoms with E-state index in [-0.39, 0.29) is 0 Å². The van der Waals surface area contributed by atoms with E-state index in [4.69, 9.17) is 5.84 Å². The smallest absolute Gasteiger partial charge is 0.148 e. The average molecular weight is 277 g/mol. The van der Waals surface area contributed by atoms with Gasteiger partial charge in [0.05, 0.1) is 0 Å². The van der Waals surface area contributed by atoms with Crippen molar-refractivity contribution < 1.29 is 0 Å². The lowest BCUT2D eigenvalue weighted by Gasteiger charge is -2.12. The van der Waals surface area contributed by atoms with Crippen LogP contribution < -0.4 is 16.6 Å². The zero-order valence-electron chi connectivity index (χ0n) is 11.2. The second-order valence-electron chi connectivity index (χ2n) is 4.22. The van der Waals surface area contributed by atoms with Gasteiger partial charge in [0.1, 0.15) is 17.5 Å². The van der Waals surface area contributed by atoms with Crippen molar-refractivity contribution in [2.75, 3.05) is 17.3 Å². The van der Waals surface area contributed by atoms with E-state index in [2.05, 4.69) is 38.2 Å². The summed E-state index contributed by atoms with van der Waals surface area (Å²) < 4.78 is 0. The van der Waals surface area contributed by atoms with Gasteiger partial charge in [0, 0.05) is 23.4 Å². The van der Waals surface area contributed by atoms with Gasteiger partial charge in [-0.1, -0.05) is 13.0 Å². The minimum Gasteiger partial charge on any atom is -0.369 e. The standard InChI is InChI=1S/C13H19N5S/c1-3-11-16-12(9(2)13(17-11)18-14)15-7-6-10-5-4-8-19-10/h4-5,8H,3,6-7,14H2,1-2H3,(H2,15,16,17,18). The molecule has 102 valence electrons. The molecule has 2 aromatic rings. The molecule has 0 fully saturated rings. The Morgan fingerprint density at radius 1 is 1.32 bits per heavy atom. The fourth-order valence-electron chi connectivity index (χ4n) is 1.79. The topological polar surface area (TPSA) is 75.9 Å². The van der Waals surface area contributed by atoms with Crippen LogP contribution in [0.15, 0.2) is 17.5 Å². The lowest BCUT2D eigenvalue weighted by Crippen LogP contribution is -2.15. The first-order valence-electron chi connectivity index (χ1n) is 6.35. The van der Waals surface area contributed by atoms with Gasteiger partial charge >= 0.3 is 0 Å². The zero-order chi connectivity index (χ0) is 13.7. The summed E-state index contributed by atoms with van der Waals surface area (Å²) in [5, 5.41) is 5.45. The summed E-state index contributed by atoms with van der Waals surface area (Å²) in [5.74, 6) is 7.81. The van der Waals surface area contributed by atoms with E-state index in [0.29, 0.717) is 5.82 Å². The maximum atomic E-state index is 5.48. The van der Waals surface area contributed by atoms with E-state index in [0.717, 1.165) is 36.6 Å². The van der Waals surface area contributed by atoms with Gasteiger partial charge in [-0.25, -0.2) is 15.8 Å². The number of hydrazine groups is 1. The molecule has 0 aliphatic heterocycles. The molecule has 0 bridgehead atoms. The summed E-state index contributed by atoms with van der Waals surface area (Å²) in [7, 11) is 0. The van der Waals surface area contributed by atoms with Gasteiger partial charge in [0.25, 0.3) is 0 Å². The maximum absolute atomic E-state index is 5.48. The Labute approximate surface area is 117 Å². The number of aryl methyl sites for hydroxylation is 1. The van der Waals surface area contributed by atoms with Crippen molar-refractivity contribution in [1.29, 1.82) is 0 Å². The number of thiophene rings is 1. The van der Waals surface area contributed by atoms with Gasteiger partial charge in [0.15, 0.2) is 0 Å². The predicted molar refractivity (Wildman–Crippen MR) is 80.5 cm³/mol. The first kappa shape index (κ1) is 13.8. The van der Waals surface area contributed by atoms with Gasteiger partial charge < -0.3 is 10.7 Å². The number of rotatable bonds is 6. The highest BCUT2D eigenvalue weighted by molar-refractivity contribution is 7.09. The van der Waals surface area contributed by atoms with Crippen molar-refractivity contribution in [1.82, 2.24) is 9.97 Å².